The van der Waals surface area contributed by atoms with Gasteiger partial charge in [0.05, 0.1) is 34.4 Å². The number of thiophene rings is 1. The van der Waals surface area contributed by atoms with E-state index >= 15 is 0 Å². The molecule has 7 nitrogen and oxygen atoms in total. The highest BCUT2D eigenvalue weighted by atomic mass is 32.1. The van der Waals surface area contributed by atoms with E-state index in [-0.39, 0.29) is 34.7 Å². The number of fused-ring (bicyclic) bond motifs is 1. The number of hydrogen-bond acceptors (Lipinski definition) is 6. The third-order valence-corrected chi connectivity index (χ3v) is 6.27. The molecule has 2 fully saturated rings. The zero-order valence-corrected chi connectivity index (χ0v) is 17.3. The number of anilines is 1. The topological polar surface area (TPSA) is 74.8 Å². The molecule has 1 aliphatic heterocycles. The van der Waals surface area contributed by atoms with Crippen molar-refractivity contribution >= 4 is 39.4 Å². The Hall–Kier alpha value is -2.56. The first kappa shape index (κ1) is 20.7. The summed E-state index contributed by atoms with van der Waals surface area (Å²) < 4.78 is 46.2. The van der Waals surface area contributed by atoms with Crippen LogP contribution in [0.2, 0.25) is 0 Å². The number of amides is 2. The second-order valence-electron chi connectivity index (χ2n) is 7.67. The van der Waals surface area contributed by atoms with Gasteiger partial charge in [0.1, 0.15) is 11.9 Å². The van der Waals surface area contributed by atoms with Crippen molar-refractivity contribution in [2.75, 3.05) is 38.6 Å². The highest BCUT2D eigenvalue weighted by Crippen LogP contribution is 2.41. The molecule has 1 saturated carbocycles. The molecule has 0 spiro atoms. The maximum atomic E-state index is 13.6. The van der Waals surface area contributed by atoms with Gasteiger partial charge in [-0.2, -0.15) is 13.2 Å². The fourth-order valence-corrected chi connectivity index (χ4v) is 4.38. The van der Waals surface area contributed by atoms with Gasteiger partial charge in [-0.25, -0.2) is 9.78 Å². The molecule has 0 aromatic carbocycles. The lowest BCUT2D eigenvalue weighted by atomic mass is 10.1. The predicted molar refractivity (Wildman–Crippen MR) is 106 cm³/mol. The Bertz CT molecular complexity index is 983. The van der Waals surface area contributed by atoms with Crippen LogP contribution in [0.1, 0.15) is 28.8 Å². The third-order valence-electron chi connectivity index (χ3n) is 5.27. The average Bonchev–Trinajstić information content (AvgIpc) is 3.37. The number of hydrogen-bond donors (Lipinski definition) is 1. The highest BCUT2D eigenvalue weighted by Gasteiger charge is 2.38. The van der Waals surface area contributed by atoms with Crippen LogP contribution in [0.4, 0.5) is 23.8 Å². The maximum Gasteiger partial charge on any atom is 0.417 e. The average molecular weight is 442 g/mol. The molecule has 4 rings (SSSR count). The van der Waals surface area contributed by atoms with Crippen LogP contribution in [0.5, 0.6) is 0 Å². The smallest absolute Gasteiger partial charge is 0.417 e. The Morgan fingerprint density at radius 2 is 2.07 bits per heavy atom. The number of ether oxygens (including phenoxy) is 1. The molecule has 1 aliphatic carbocycles. The summed E-state index contributed by atoms with van der Waals surface area (Å²) >= 11 is 0.842. The van der Waals surface area contributed by atoms with Gasteiger partial charge in [0.25, 0.3) is 5.91 Å². The Labute approximate surface area is 174 Å². The molecule has 1 N–H and O–H groups in total. The molecule has 2 amide bonds. The van der Waals surface area contributed by atoms with E-state index in [9.17, 15) is 22.8 Å². The second kappa shape index (κ2) is 7.60. The first-order chi connectivity index (χ1) is 14.2. The standard InChI is InChI=1S/C19H21F3N4O3S/c1-23-17(27)12-9-30-16-13(19(20,21)22)5-14(24-15(12)16)26-7-11(8-26)29-18(28)25(2)6-10-3-4-10/h5,9-11H,3-4,6-8H2,1-2H3,(H,23,27). The Morgan fingerprint density at radius 3 is 2.67 bits per heavy atom. The number of nitrogens with zero attached hydrogens (tertiary/aromatic N) is 3. The molecule has 11 heteroatoms. The van der Waals surface area contributed by atoms with Crippen molar-refractivity contribution in [3.63, 3.8) is 0 Å². The summed E-state index contributed by atoms with van der Waals surface area (Å²) in [5.41, 5.74) is -0.698. The number of pyridine rings is 1. The summed E-state index contributed by atoms with van der Waals surface area (Å²) in [4.78, 5) is 31.6. The van der Waals surface area contributed by atoms with Gasteiger partial charge >= 0.3 is 12.3 Å². The number of halogens is 3. The number of rotatable bonds is 5. The van der Waals surface area contributed by atoms with Gasteiger partial charge in [-0.3, -0.25) is 4.79 Å². The van der Waals surface area contributed by atoms with Gasteiger partial charge in [-0.15, -0.1) is 11.3 Å². The van der Waals surface area contributed by atoms with E-state index < -0.39 is 29.8 Å². The normalized spacial score (nSPS) is 17.0. The van der Waals surface area contributed by atoms with Crippen molar-refractivity contribution in [2.45, 2.75) is 25.1 Å². The van der Waals surface area contributed by atoms with Crippen LogP contribution in [0.3, 0.4) is 0 Å². The fourth-order valence-electron chi connectivity index (χ4n) is 3.36. The van der Waals surface area contributed by atoms with E-state index in [4.69, 9.17) is 4.74 Å². The minimum absolute atomic E-state index is 0.0220. The van der Waals surface area contributed by atoms with E-state index in [1.165, 1.54) is 17.3 Å². The molecule has 0 radical (unpaired) electrons. The monoisotopic (exact) mass is 442 g/mol. The number of nitrogens with one attached hydrogen (secondary N) is 1. The number of alkyl halides is 3. The summed E-state index contributed by atoms with van der Waals surface area (Å²) in [6.07, 6.45) is -3.18. The largest absolute Gasteiger partial charge is 0.442 e. The SMILES string of the molecule is CNC(=O)c1csc2c(C(F)(F)F)cc(N3CC(OC(=O)N(C)CC4CC4)C3)nc12. The van der Waals surface area contributed by atoms with Crippen molar-refractivity contribution in [3.8, 4) is 0 Å². The quantitative estimate of drug-likeness (QED) is 0.769. The van der Waals surface area contributed by atoms with Crippen molar-refractivity contribution in [3.05, 3.63) is 22.6 Å². The molecule has 0 bridgehead atoms. The lowest BCUT2D eigenvalue weighted by molar-refractivity contribution is -0.136. The molecule has 0 unspecified atom stereocenters. The van der Waals surface area contributed by atoms with Gasteiger partial charge in [0.15, 0.2) is 0 Å². The van der Waals surface area contributed by atoms with E-state index in [1.54, 1.807) is 11.9 Å². The first-order valence-electron chi connectivity index (χ1n) is 9.55. The molecule has 1 saturated heterocycles. The Morgan fingerprint density at radius 1 is 1.37 bits per heavy atom. The van der Waals surface area contributed by atoms with Crippen LogP contribution in [0.15, 0.2) is 11.4 Å². The molecule has 162 valence electrons. The van der Waals surface area contributed by atoms with Crippen molar-refractivity contribution in [2.24, 2.45) is 5.92 Å². The molecule has 0 atom stereocenters. The zero-order valence-electron chi connectivity index (χ0n) is 16.5. The molecule has 30 heavy (non-hydrogen) atoms. The van der Waals surface area contributed by atoms with Crippen LogP contribution >= 0.6 is 11.3 Å². The molecule has 2 aliphatic rings. The predicted octanol–water partition coefficient (Wildman–Crippen LogP) is 3.34. The maximum absolute atomic E-state index is 13.6. The summed E-state index contributed by atoms with van der Waals surface area (Å²) in [5.74, 6) is 0.155. The summed E-state index contributed by atoms with van der Waals surface area (Å²) in [6.45, 7) is 1.15. The van der Waals surface area contributed by atoms with Gasteiger partial charge in [0.2, 0.25) is 0 Å². The van der Waals surface area contributed by atoms with Gasteiger partial charge in [-0.05, 0) is 24.8 Å². The van der Waals surface area contributed by atoms with Crippen molar-refractivity contribution < 1.29 is 27.5 Å². The van der Waals surface area contributed by atoms with Crippen LogP contribution < -0.4 is 10.2 Å². The fraction of sp³-hybridized carbons (Fsp3) is 0.526. The Kier molecular flexibility index (Phi) is 5.25. The van der Waals surface area contributed by atoms with Crippen molar-refractivity contribution in [1.29, 1.82) is 0 Å². The number of aromatic nitrogens is 1. The third kappa shape index (κ3) is 4.03. The minimum Gasteiger partial charge on any atom is -0.442 e. The number of carbonyl (C=O) groups is 2. The van der Waals surface area contributed by atoms with Crippen LogP contribution in [0, 0.1) is 5.92 Å². The second-order valence-corrected chi connectivity index (χ2v) is 8.55. The number of carbonyl (C=O) groups excluding carboxylic acids is 2. The molecule has 2 aromatic heterocycles. The Balaban J connectivity index is 1.51. The molecular weight excluding hydrogens is 421 g/mol. The van der Waals surface area contributed by atoms with Gasteiger partial charge < -0.3 is 19.9 Å². The van der Waals surface area contributed by atoms with E-state index in [2.05, 4.69) is 10.3 Å². The van der Waals surface area contributed by atoms with Gasteiger partial charge in [0, 0.05) is 26.0 Å². The molecular formula is C19H21F3N4O3S. The van der Waals surface area contributed by atoms with Crippen LogP contribution in [-0.2, 0) is 10.9 Å². The van der Waals surface area contributed by atoms with Crippen molar-refractivity contribution in [1.82, 2.24) is 15.2 Å². The molecule has 3 heterocycles. The summed E-state index contributed by atoms with van der Waals surface area (Å²) in [5, 5.41) is 3.80. The molecule has 2 aromatic rings. The van der Waals surface area contributed by atoms with Crippen LogP contribution in [0.25, 0.3) is 10.2 Å². The highest BCUT2D eigenvalue weighted by molar-refractivity contribution is 7.17. The van der Waals surface area contributed by atoms with E-state index in [1.807, 2.05) is 0 Å². The van der Waals surface area contributed by atoms with E-state index in [0.29, 0.717) is 12.5 Å². The summed E-state index contributed by atoms with van der Waals surface area (Å²) in [7, 11) is 3.09. The van der Waals surface area contributed by atoms with Gasteiger partial charge in [-0.1, -0.05) is 0 Å². The van der Waals surface area contributed by atoms with E-state index in [0.717, 1.165) is 30.2 Å². The van der Waals surface area contributed by atoms with Crippen LogP contribution in [-0.4, -0.2) is 61.7 Å². The lowest BCUT2D eigenvalue weighted by Crippen LogP contribution is -2.54. The first-order valence-corrected chi connectivity index (χ1v) is 10.4. The minimum atomic E-state index is -4.58. The summed E-state index contributed by atoms with van der Waals surface area (Å²) in [6, 6.07) is 0.990. The zero-order chi connectivity index (χ0) is 21.6. The lowest BCUT2D eigenvalue weighted by Gasteiger charge is -2.40.